The van der Waals surface area contributed by atoms with Crippen LogP contribution in [0.2, 0.25) is 0 Å². The fourth-order valence-electron chi connectivity index (χ4n) is 2.39. The number of benzene rings is 1. The van der Waals surface area contributed by atoms with Crippen LogP contribution in [0.5, 0.6) is 0 Å². The van der Waals surface area contributed by atoms with Crippen molar-refractivity contribution in [2.75, 3.05) is 5.23 Å². The lowest BCUT2D eigenvalue weighted by atomic mass is 10.1. The predicted octanol–water partition coefficient (Wildman–Crippen LogP) is 2.80. The molecule has 158 valence electrons. The lowest BCUT2D eigenvalue weighted by Crippen LogP contribution is -2.27. The zero-order valence-electron chi connectivity index (χ0n) is 17.3. The van der Waals surface area contributed by atoms with Gasteiger partial charge in [0.15, 0.2) is 5.69 Å². The summed E-state index contributed by atoms with van der Waals surface area (Å²) in [6.07, 6.45) is -0.270. The summed E-state index contributed by atoms with van der Waals surface area (Å²) in [6.45, 7) is 10.3. The second kappa shape index (κ2) is 8.18. The van der Waals surface area contributed by atoms with Crippen molar-refractivity contribution in [2.24, 2.45) is 0 Å². The summed E-state index contributed by atoms with van der Waals surface area (Å²) < 4.78 is 12.0. The Morgan fingerprint density at radius 3 is 2.10 bits per heavy atom. The quantitative estimate of drug-likeness (QED) is 0.589. The van der Waals surface area contributed by atoms with Crippen LogP contribution in [0.15, 0.2) is 24.3 Å². The maximum absolute atomic E-state index is 12.6. The summed E-state index contributed by atoms with van der Waals surface area (Å²) in [5, 5.41) is 27.5. The Balaban J connectivity index is 2.45. The van der Waals surface area contributed by atoms with Gasteiger partial charge in [-0.15, -0.1) is 5.10 Å². The van der Waals surface area contributed by atoms with E-state index < -0.39 is 23.1 Å². The Morgan fingerprint density at radius 2 is 1.62 bits per heavy atom. The minimum Gasteiger partial charge on any atom is -0.733 e. The molecule has 1 N–H and O–H groups in total. The molecule has 0 atom stereocenters. The van der Waals surface area contributed by atoms with Gasteiger partial charge in [0.2, 0.25) is 0 Å². The Kier molecular flexibility index (Phi) is 6.29. The van der Waals surface area contributed by atoms with Crippen LogP contribution in [0.4, 0.5) is 5.69 Å². The van der Waals surface area contributed by atoms with Crippen molar-refractivity contribution in [3.05, 3.63) is 40.9 Å². The van der Waals surface area contributed by atoms with E-state index in [9.17, 15) is 14.8 Å². The minimum atomic E-state index is -0.760. The second-order valence-corrected chi connectivity index (χ2v) is 8.35. The highest BCUT2D eigenvalue weighted by Gasteiger charge is 2.28. The number of aromatic nitrogens is 3. The van der Waals surface area contributed by atoms with Crippen molar-refractivity contribution in [3.8, 4) is 5.69 Å². The van der Waals surface area contributed by atoms with Crippen molar-refractivity contribution < 1.29 is 24.3 Å². The minimum absolute atomic E-state index is 0.00919. The van der Waals surface area contributed by atoms with Gasteiger partial charge < -0.3 is 19.9 Å². The molecule has 0 saturated carbocycles. The molecule has 0 saturated heterocycles. The molecule has 0 radical (unpaired) electrons. The molecular formula is C19H25N4O6-. The van der Waals surface area contributed by atoms with E-state index in [0.29, 0.717) is 5.69 Å². The first-order valence-electron chi connectivity index (χ1n) is 8.93. The standard InChI is InChI=1S/C19H25N4O6/c1-18(2,3)28-15(24)11-14-16(17(25)29-19(4,5)6)20-21-22(14)12-7-9-13(10-8-12)23(26)27/h7-10,26H,11H2,1-6H3/q-1. The summed E-state index contributed by atoms with van der Waals surface area (Å²) >= 11 is 0. The molecule has 29 heavy (non-hydrogen) atoms. The lowest BCUT2D eigenvalue weighted by Gasteiger charge is -2.22. The zero-order chi connectivity index (χ0) is 22.0. The van der Waals surface area contributed by atoms with E-state index in [1.54, 1.807) is 41.5 Å². The van der Waals surface area contributed by atoms with Crippen LogP contribution in [0.25, 0.3) is 5.69 Å². The van der Waals surface area contributed by atoms with Gasteiger partial charge in [0.05, 0.1) is 23.5 Å². The van der Waals surface area contributed by atoms with E-state index in [0.717, 1.165) is 0 Å². The van der Waals surface area contributed by atoms with Crippen LogP contribution in [-0.4, -0.2) is 43.3 Å². The van der Waals surface area contributed by atoms with Crippen LogP contribution >= 0.6 is 0 Å². The Bertz CT molecular complexity index is 876. The zero-order valence-corrected chi connectivity index (χ0v) is 17.3. The van der Waals surface area contributed by atoms with E-state index in [4.69, 9.17) is 14.7 Å². The average molecular weight is 405 g/mol. The molecule has 0 aliphatic heterocycles. The van der Waals surface area contributed by atoms with Crippen LogP contribution in [0.3, 0.4) is 0 Å². The third-order valence-corrected chi connectivity index (χ3v) is 3.40. The van der Waals surface area contributed by atoms with Gasteiger partial charge in [-0.1, -0.05) is 5.21 Å². The number of rotatable bonds is 5. The SMILES string of the molecule is CC(C)(C)OC(=O)Cc1c(C(=O)OC(C)(C)C)nnn1-c1ccc(N([O-])O)cc1. The average Bonchev–Trinajstić information content (AvgIpc) is 2.95. The third kappa shape index (κ3) is 6.26. The van der Waals surface area contributed by atoms with Crippen molar-refractivity contribution in [3.63, 3.8) is 0 Å². The van der Waals surface area contributed by atoms with Gasteiger partial charge in [-0.25, -0.2) is 9.48 Å². The first-order valence-corrected chi connectivity index (χ1v) is 8.93. The maximum Gasteiger partial charge on any atom is 0.361 e. The molecule has 2 aromatic rings. The van der Waals surface area contributed by atoms with Crippen LogP contribution in [0.1, 0.15) is 57.7 Å². The van der Waals surface area contributed by atoms with E-state index in [-0.39, 0.29) is 28.7 Å². The Labute approximate surface area is 168 Å². The fraction of sp³-hybridized carbons (Fsp3) is 0.474. The predicted molar refractivity (Wildman–Crippen MR) is 104 cm³/mol. The highest BCUT2D eigenvalue weighted by molar-refractivity contribution is 5.90. The summed E-state index contributed by atoms with van der Waals surface area (Å²) in [7, 11) is 0. The topological polar surface area (TPSA) is 130 Å². The van der Waals surface area contributed by atoms with Crippen molar-refractivity contribution >= 4 is 17.6 Å². The molecule has 1 heterocycles. The van der Waals surface area contributed by atoms with E-state index in [1.807, 2.05) is 0 Å². The molecule has 1 aromatic heterocycles. The van der Waals surface area contributed by atoms with E-state index in [1.165, 1.54) is 28.9 Å². The van der Waals surface area contributed by atoms with E-state index in [2.05, 4.69) is 10.3 Å². The number of nitrogens with zero attached hydrogens (tertiary/aromatic N) is 4. The summed E-state index contributed by atoms with van der Waals surface area (Å²) in [6, 6.07) is 5.69. The first-order chi connectivity index (χ1) is 13.3. The third-order valence-electron chi connectivity index (χ3n) is 3.40. The van der Waals surface area contributed by atoms with Gasteiger partial charge in [-0.3, -0.25) is 10.0 Å². The Morgan fingerprint density at radius 1 is 1.07 bits per heavy atom. The molecule has 10 heteroatoms. The van der Waals surface area contributed by atoms with Gasteiger partial charge in [0.1, 0.15) is 11.2 Å². The summed E-state index contributed by atoms with van der Waals surface area (Å²) in [4.78, 5) is 25.0. The highest BCUT2D eigenvalue weighted by Crippen LogP contribution is 2.21. The van der Waals surface area contributed by atoms with Gasteiger partial charge in [-0.05, 0) is 65.8 Å². The number of hydrogen-bond acceptors (Lipinski definition) is 9. The number of ether oxygens (including phenoxy) is 2. The van der Waals surface area contributed by atoms with Gasteiger partial charge in [0, 0.05) is 0 Å². The maximum atomic E-state index is 12.6. The fourth-order valence-corrected chi connectivity index (χ4v) is 2.39. The number of hydrogen-bond donors (Lipinski definition) is 1. The Hall–Kier alpha value is -2.98. The van der Waals surface area contributed by atoms with Crippen LogP contribution in [0, 0.1) is 5.21 Å². The van der Waals surface area contributed by atoms with Crippen LogP contribution < -0.4 is 5.23 Å². The molecule has 0 bridgehead atoms. The smallest absolute Gasteiger partial charge is 0.361 e. The molecule has 0 aliphatic rings. The summed E-state index contributed by atoms with van der Waals surface area (Å²) in [5.74, 6) is -1.29. The van der Waals surface area contributed by atoms with Crippen LogP contribution in [-0.2, 0) is 20.7 Å². The molecule has 0 amide bonds. The first kappa shape index (κ1) is 22.3. The molecule has 2 rings (SSSR count). The van der Waals surface area contributed by atoms with Crippen molar-refractivity contribution in [2.45, 2.75) is 59.2 Å². The largest absolute Gasteiger partial charge is 0.733 e. The number of carbonyl (C=O) groups is 2. The number of anilines is 1. The van der Waals surface area contributed by atoms with Crippen molar-refractivity contribution in [1.82, 2.24) is 15.0 Å². The molecule has 10 nitrogen and oxygen atoms in total. The second-order valence-electron chi connectivity index (χ2n) is 8.35. The summed E-state index contributed by atoms with van der Waals surface area (Å²) in [5.41, 5.74) is -0.954. The molecule has 0 unspecified atom stereocenters. The highest BCUT2D eigenvalue weighted by atomic mass is 16.8. The molecule has 0 aliphatic carbocycles. The number of carbonyl (C=O) groups excluding carboxylic acids is 2. The molecule has 0 spiro atoms. The normalized spacial score (nSPS) is 11.9. The van der Waals surface area contributed by atoms with Crippen molar-refractivity contribution in [1.29, 1.82) is 0 Å². The monoisotopic (exact) mass is 405 g/mol. The molecule has 0 fully saturated rings. The van der Waals surface area contributed by atoms with Gasteiger partial charge in [0.25, 0.3) is 0 Å². The lowest BCUT2D eigenvalue weighted by molar-refractivity contribution is -0.154. The van der Waals surface area contributed by atoms with E-state index >= 15 is 0 Å². The number of esters is 2. The molecule has 1 aromatic carbocycles. The van der Waals surface area contributed by atoms with Gasteiger partial charge >= 0.3 is 11.9 Å². The van der Waals surface area contributed by atoms with Gasteiger partial charge in [-0.2, -0.15) is 0 Å². The molecular weight excluding hydrogens is 380 g/mol.